The summed E-state index contributed by atoms with van der Waals surface area (Å²) < 4.78 is 12.9. The summed E-state index contributed by atoms with van der Waals surface area (Å²) >= 11 is 6.10. The van der Waals surface area contributed by atoms with Gasteiger partial charge in [-0.2, -0.15) is 4.98 Å². The average molecular weight is 329 g/mol. The van der Waals surface area contributed by atoms with Crippen molar-refractivity contribution < 1.29 is 4.39 Å². The number of hydrogen-bond acceptors (Lipinski definition) is 4. The highest BCUT2D eigenvalue weighted by Gasteiger charge is 2.03. The monoisotopic (exact) mass is 328 g/mol. The van der Waals surface area contributed by atoms with E-state index in [1.54, 1.807) is 30.5 Å². The van der Waals surface area contributed by atoms with Gasteiger partial charge in [0, 0.05) is 12.7 Å². The Bertz CT molecular complexity index is 793. The quantitative estimate of drug-likeness (QED) is 0.717. The largest absolute Gasteiger partial charge is 0.366 e. The van der Waals surface area contributed by atoms with Crippen molar-refractivity contribution >= 4 is 29.1 Å². The Balaban J connectivity index is 1.67. The zero-order valence-corrected chi connectivity index (χ0v) is 12.9. The van der Waals surface area contributed by atoms with Gasteiger partial charge in [-0.1, -0.05) is 35.9 Å². The molecular weight excluding hydrogens is 315 g/mol. The van der Waals surface area contributed by atoms with Crippen LogP contribution in [0.3, 0.4) is 0 Å². The van der Waals surface area contributed by atoms with Crippen LogP contribution in [0.25, 0.3) is 0 Å². The van der Waals surface area contributed by atoms with Crippen LogP contribution in [0.5, 0.6) is 0 Å². The first-order valence-corrected chi connectivity index (χ1v) is 7.41. The minimum atomic E-state index is -0.248. The summed E-state index contributed by atoms with van der Waals surface area (Å²) in [4.78, 5) is 8.55. The Morgan fingerprint density at radius 2 is 1.78 bits per heavy atom. The number of halogens is 2. The van der Waals surface area contributed by atoms with Crippen LogP contribution in [-0.4, -0.2) is 9.97 Å². The summed E-state index contributed by atoms with van der Waals surface area (Å²) in [6.07, 6.45) is 1.65. The number of para-hydroxylation sites is 1. The van der Waals surface area contributed by atoms with Crippen molar-refractivity contribution in [1.82, 2.24) is 9.97 Å². The number of rotatable bonds is 5. The number of aromatic nitrogens is 2. The molecule has 0 aliphatic carbocycles. The molecule has 2 N–H and O–H groups in total. The van der Waals surface area contributed by atoms with Gasteiger partial charge in [0.2, 0.25) is 5.95 Å². The van der Waals surface area contributed by atoms with Crippen LogP contribution in [0.2, 0.25) is 5.02 Å². The maximum atomic E-state index is 12.9. The number of hydrogen-bond donors (Lipinski definition) is 2. The zero-order valence-electron chi connectivity index (χ0n) is 12.1. The first-order chi connectivity index (χ1) is 11.2. The molecule has 3 aromatic rings. The lowest BCUT2D eigenvalue weighted by atomic mass is 10.2. The van der Waals surface area contributed by atoms with Crippen molar-refractivity contribution in [3.05, 3.63) is 77.2 Å². The van der Waals surface area contributed by atoms with Gasteiger partial charge in [-0.3, -0.25) is 0 Å². The summed E-state index contributed by atoms with van der Waals surface area (Å²) in [5.41, 5.74) is 1.70. The van der Waals surface area contributed by atoms with Crippen LogP contribution in [0.4, 0.5) is 21.8 Å². The van der Waals surface area contributed by atoms with Crippen molar-refractivity contribution in [3.63, 3.8) is 0 Å². The van der Waals surface area contributed by atoms with Crippen LogP contribution in [0.1, 0.15) is 5.56 Å². The molecule has 6 heteroatoms. The number of nitrogens with one attached hydrogen (secondary N) is 2. The second-order valence-electron chi connectivity index (χ2n) is 4.85. The minimum absolute atomic E-state index is 0.248. The molecule has 1 heterocycles. The maximum Gasteiger partial charge on any atom is 0.229 e. The van der Waals surface area contributed by atoms with Crippen LogP contribution in [-0.2, 0) is 6.54 Å². The van der Waals surface area contributed by atoms with E-state index < -0.39 is 0 Å². The SMILES string of the molecule is Fc1ccc(CNc2ccnc(Nc3ccccc3Cl)n2)cc1. The van der Waals surface area contributed by atoms with Crippen LogP contribution in [0.15, 0.2) is 60.8 Å². The van der Waals surface area contributed by atoms with E-state index in [0.29, 0.717) is 23.3 Å². The fourth-order valence-corrected chi connectivity index (χ4v) is 2.18. The highest BCUT2D eigenvalue weighted by molar-refractivity contribution is 6.33. The molecule has 0 aliphatic rings. The molecule has 0 amide bonds. The van der Waals surface area contributed by atoms with Crippen molar-refractivity contribution in [1.29, 1.82) is 0 Å². The molecule has 3 rings (SSSR count). The number of benzene rings is 2. The molecule has 116 valence electrons. The van der Waals surface area contributed by atoms with E-state index in [-0.39, 0.29) is 5.82 Å². The summed E-state index contributed by atoms with van der Waals surface area (Å²) in [7, 11) is 0. The predicted octanol–water partition coefficient (Wildman–Crippen LogP) is 4.62. The molecule has 1 aromatic heterocycles. The Labute approximate surface area is 138 Å². The molecule has 4 nitrogen and oxygen atoms in total. The van der Waals surface area contributed by atoms with E-state index in [0.717, 1.165) is 11.3 Å². The normalized spacial score (nSPS) is 10.3. The fraction of sp³-hybridized carbons (Fsp3) is 0.0588. The summed E-state index contributed by atoms with van der Waals surface area (Å²) in [5.74, 6) is 0.864. The fourth-order valence-electron chi connectivity index (χ4n) is 2.00. The molecule has 0 aliphatic heterocycles. The predicted molar refractivity (Wildman–Crippen MR) is 90.5 cm³/mol. The van der Waals surface area contributed by atoms with Gasteiger partial charge < -0.3 is 10.6 Å². The van der Waals surface area contributed by atoms with Gasteiger partial charge in [0.05, 0.1) is 10.7 Å². The van der Waals surface area contributed by atoms with Gasteiger partial charge in [0.25, 0.3) is 0 Å². The molecule has 0 unspecified atom stereocenters. The zero-order chi connectivity index (χ0) is 16.1. The lowest BCUT2D eigenvalue weighted by Gasteiger charge is -2.09. The molecule has 0 radical (unpaired) electrons. The summed E-state index contributed by atoms with van der Waals surface area (Å²) in [6.45, 7) is 0.544. The molecule has 0 atom stereocenters. The van der Waals surface area contributed by atoms with Crippen molar-refractivity contribution in [3.8, 4) is 0 Å². The molecule has 0 saturated heterocycles. The molecule has 0 bridgehead atoms. The number of anilines is 3. The van der Waals surface area contributed by atoms with E-state index in [4.69, 9.17) is 11.6 Å². The van der Waals surface area contributed by atoms with E-state index >= 15 is 0 Å². The Morgan fingerprint density at radius 3 is 2.57 bits per heavy atom. The minimum Gasteiger partial charge on any atom is -0.366 e. The molecule has 23 heavy (non-hydrogen) atoms. The molecule has 0 fully saturated rings. The van der Waals surface area contributed by atoms with Crippen molar-refractivity contribution in [2.45, 2.75) is 6.54 Å². The van der Waals surface area contributed by atoms with Gasteiger partial charge >= 0.3 is 0 Å². The Morgan fingerprint density at radius 1 is 1.00 bits per heavy atom. The molecule has 0 spiro atoms. The van der Waals surface area contributed by atoms with Gasteiger partial charge in [-0.05, 0) is 35.9 Å². The van der Waals surface area contributed by atoms with Crippen molar-refractivity contribution in [2.24, 2.45) is 0 Å². The topological polar surface area (TPSA) is 49.8 Å². The third kappa shape index (κ3) is 4.17. The van der Waals surface area contributed by atoms with Crippen molar-refractivity contribution in [2.75, 3.05) is 10.6 Å². The van der Waals surface area contributed by atoms with Gasteiger partial charge in [-0.25, -0.2) is 9.37 Å². The summed E-state index contributed by atoms with van der Waals surface area (Å²) in [6, 6.07) is 15.5. The first kappa shape index (κ1) is 15.2. The second-order valence-corrected chi connectivity index (χ2v) is 5.26. The first-order valence-electron chi connectivity index (χ1n) is 7.03. The van der Waals surface area contributed by atoms with E-state index in [1.165, 1.54) is 12.1 Å². The second kappa shape index (κ2) is 7.07. The number of nitrogens with zero attached hydrogens (tertiary/aromatic N) is 2. The average Bonchev–Trinajstić information content (AvgIpc) is 2.57. The van der Waals surface area contributed by atoms with Crippen LogP contribution < -0.4 is 10.6 Å². The van der Waals surface area contributed by atoms with E-state index in [9.17, 15) is 4.39 Å². The smallest absolute Gasteiger partial charge is 0.229 e. The molecule has 0 saturated carbocycles. The van der Waals surface area contributed by atoms with Gasteiger partial charge in [-0.15, -0.1) is 0 Å². The lowest BCUT2D eigenvalue weighted by molar-refractivity contribution is 0.627. The Hall–Kier alpha value is -2.66. The third-order valence-electron chi connectivity index (χ3n) is 3.16. The highest BCUT2D eigenvalue weighted by atomic mass is 35.5. The van der Waals surface area contributed by atoms with Gasteiger partial charge in [0.1, 0.15) is 11.6 Å². The van der Waals surface area contributed by atoms with E-state index in [2.05, 4.69) is 20.6 Å². The highest BCUT2D eigenvalue weighted by Crippen LogP contribution is 2.23. The Kier molecular flexibility index (Phi) is 4.68. The third-order valence-corrected chi connectivity index (χ3v) is 3.49. The van der Waals surface area contributed by atoms with Crippen LogP contribution >= 0.6 is 11.6 Å². The lowest BCUT2D eigenvalue weighted by Crippen LogP contribution is -2.04. The van der Waals surface area contributed by atoms with Gasteiger partial charge in [0.15, 0.2) is 0 Å². The summed E-state index contributed by atoms with van der Waals surface area (Å²) in [5, 5.41) is 6.85. The maximum absolute atomic E-state index is 12.9. The van der Waals surface area contributed by atoms with Crippen LogP contribution in [0, 0.1) is 5.82 Å². The molecule has 2 aromatic carbocycles. The standard InChI is InChI=1S/C17H14ClFN4/c18-14-3-1-2-4-15(14)22-17-20-10-9-16(23-17)21-11-12-5-7-13(19)8-6-12/h1-10H,11H2,(H2,20,21,22,23). The molecular formula is C17H14ClFN4. The van der Waals surface area contributed by atoms with E-state index in [1.807, 2.05) is 18.2 Å².